The first-order valence-corrected chi connectivity index (χ1v) is 14.0. The quantitative estimate of drug-likeness (QED) is 0.479. The number of nitrogens with one attached hydrogen (secondary N) is 1. The Morgan fingerprint density at radius 3 is 2.54 bits per heavy atom. The molecule has 2 aliphatic heterocycles. The van der Waals surface area contributed by atoms with Crippen LogP contribution >= 0.6 is 11.8 Å². The van der Waals surface area contributed by atoms with Crippen molar-refractivity contribution >= 4 is 29.4 Å². The molecule has 3 aromatic rings. The van der Waals surface area contributed by atoms with E-state index in [2.05, 4.69) is 26.1 Å². The number of thioether (sulfide) groups is 1. The highest BCUT2D eigenvalue weighted by Gasteiger charge is 2.40. The van der Waals surface area contributed by atoms with Crippen LogP contribution < -0.4 is 24.4 Å². The van der Waals surface area contributed by atoms with Crippen molar-refractivity contribution in [1.29, 1.82) is 0 Å². The molecule has 2 aromatic carbocycles. The molecule has 206 valence electrons. The molecule has 0 spiro atoms. The standard InChI is InChI=1S/C29H34N4O5S/c1-17(2)30-23(34)14-32-24(35)15-39-26(18-7-12-21-22(13-18)38-16-37-21)25-27(29(3,4)5)31-33(28(25)32)19-8-10-20(36-6)11-9-19/h7-13,17,26H,14-16H2,1-6H3,(H,30,34). The molecule has 1 N–H and O–H groups in total. The molecular weight excluding hydrogens is 516 g/mol. The Hall–Kier alpha value is -3.66. The van der Waals surface area contributed by atoms with Crippen molar-refractivity contribution in [3.63, 3.8) is 0 Å². The number of aromatic nitrogens is 2. The number of hydrogen-bond acceptors (Lipinski definition) is 7. The number of carbonyl (C=O) groups excluding carboxylic acids is 2. The molecule has 2 aliphatic rings. The van der Waals surface area contributed by atoms with E-state index in [1.807, 2.05) is 56.3 Å². The minimum atomic E-state index is -0.351. The van der Waals surface area contributed by atoms with Crippen LogP contribution in [0.1, 0.15) is 56.7 Å². The minimum absolute atomic E-state index is 0.0496. The molecule has 0 saturated carbocycles. The summed E-state index contributed by atoms with van der Waals surface area (Å²) in [5.74, 6) is 2.51. The van der Waals surface area contributed by atoms with E-state index in [0.29, 0.717) is 23.1 Å². The van der Waals surface area contributed by atoms with Crippen molar-refractivity contribution in [3.8, 4) is 22.9 Å². The van der Waals surface area contributed by atoms with Gasteiger partial charge in [0.15, 0.2) is 11.5 Å². The van der Waals surface area contributed by atoms with Crippen LogP contribution in [0, 0.1) is 0 Å². The molecule has 39 heavy (non-hydrogen) atoms. The van der Waals surface area contributed by atoms with Crippen LogP contribution in [-0.4, -0.2) is 53.8 Å². The first kappa shape index (κ1) is 26.9. The first-order valence-electron chi connectivity index (χ1n) is 13.0. The second-order valence-corrected chi connectivity index (χ2v) is 12.0. The molecule has 1 unspecified atom stereocenters. The van der Waals surface area contributed by atoms with Gasteiger partial charge >= 0.3 is 0 Å². The van der Waals surface area contributed by atoms with Crippen molar-refractivity contribution in [1.82, 2.24) is 15.1 Å². The van der Waals surface area contributed by atoms with E-state index in [9.17, 15) is 9.59 Å². The lowest BCUT2D eigenvalue weighted by Crippen LogP contribution is -2.44. The molecule has 9 nitrogen and oxygen atoms in total. The normalized spacial score (nSPS) is 16.7. The van der Waals surface area contributed by atoms with E-state index >= 15 is 0 Å². The summed E-state index contributed by atoms with van der Waals surface area (Å²) in [6.45, 7) is 10.2. The number of benzene rings is 2. The number of amides is 2. The van der Waals surface area contributed by atoms with E-state index < -0.39 is 0 Å². The Kier molecular flexibility index (Phi) is 7.24. The third-order valence-electron chi connectivity index (χ3n) is 6.57. The van der Waals surface area contributed by atoms with Gasteiger partial charge in [0.05, 0.1) is 29.5 Å². The summed E-state index contributed by atoms with van der Waals surface area (Å²) in [6, 6.07) is 13.4. The van der Waals surface area contributed by atoms with E-state index in [-0.39, 0.29) is 47.6 Å². The van der Waals surface area contributed by atoms with Crippen LogP contribution in [0.5, 0.6) is 17.2 Å². The maximum Gasteiger partial charge on any atom is 0.240 e. The maximum atomic E-state index is 13.7. The smallest absolute Gasteiger partial charge is 0.240 e. The summed E-state index contributed by atoms with van der Waals surface area (Å²) >= 11 is 1.53. The fraction of sp³-hybridized carbons (Fsp3) is 0.414. The van der Waals surface area contributed by atoms with Crippen LogP contribution in [-0.2, 0) is 15.0 Å². The van der Waals surface area contributed by atoms with Crippen molar-refractivity contribution < 1.29 is 23.8 Å². The zero-order valence-corrected chi connectivity index (χ0v) is 23.9. The largest absolute Gasteiger partial charge is 0.497 e. The predicted octanol–water partition coefficient (Wildman–Crippen LogP) is 4.60. The fourth-order valence-corrected chi connectivity index (χ4v) is 6.02. The van der Waals surface area contributed by atoms with Gasteiger partial charge in [-0.3, -0.25) is 14.5 Å². The summed E-state index contributed by atoms with van der Waals surface area (Å²) in [6.07, 6.45) is 0. The summed E-state index contributed by atoms with van der Waals surface area (Å²) in [5, 5.41) is 7.82. The van der Waals surface area contributed by atoms with Gasteiger partial charge in [-0.25, -0.2) is 4.68 Å². The van der Waals surface area contributed by atoms with Crippen LogP contribution in [0.2, 0.25) is 0 Å². The molecule has 5 rings (SSSR count). The number of fused-ring (bicyclic) bond motifs is 2. The van der Waals surface area contributed by atoms with E-state index in [4.69, 9.17) is 19.3 Å². The highest BCUT2D eigenvalue weighted by molar-refractivity contribution is 8.00. The number of methoxy groups -OCH3 is 1. The lowest BCUT2D eigenvalue weighted by molar-refractivity contribution is -0.123. The molecule has 2 amide bonds. The monoisotopic (exact) mass is 550 g/mol. The van der Waals surface area contributed by atoms with Crippen molar-refractivity contribution in [3.05, 3.63) is 59.3 Å². The molecule has 0 saturated heterocycles. The second-order valence-electron chi connectivity index (χ2n) is 11.0. The predicted molar refractivity (Wildman–Crippen MR) is 151 cm³/mol. The molecule has 0 bridgehead atoms. The Morgan fingerprint density at radius 2 is 1.87 bits per heavy atom. The third-order valence-corrected chi connectivity index (χ3v) is 7.82. The zero-order valence-electron chi connectivity index (χ0n) is 23.1. The summed E-state index contributed by atoms with van der Waals surface area (Å²) in [7, 11) is 1.62. The highest BCUT2D eigenvalue weighted by Crippen LogP contribution is 2.49. The molecule has 0 fully saturated rings. The van der Waals surface area contributed by atoms with Gasteiger partial charge in [0, 0.05) is 17.0 Å². The summed E-state index contributed by atoms with van der Waals surface area (Å²) in [5.41, 5.74) is 3.15. The topological polar surface area (TPSA) is 94.9 Å². The molecule has 1 atom stereocenters. The van der Waals surface area contributed by atoms with Gasteiger partial charge in [-0.15, -0.1) is 11.8 Å². The number of nitrogens with zero attached hydrogens (tertiary/aromatic N) is 3. The number of hydrogen-bond donors (Lipinski definition) is 1. The molecule has 0 radical (unpaired) electrons. The van der Waals surface area contributed by atoms with Gasteiger partial charge in [0.2, 0.25) is 18.6 Å². The fourth-order valence-electron chi connectivity index (χ4n) is 4.83. The number of carbonyl (C=O) groups is 2. The van der Waals surface area contributed by atoms with Gasteiger partial charge in [-0.05, 0) is 55.8 Å². The SMILES string of the molecule is COc1ccc(-n2nc(C(C)(C)C)c3c2N(CC(=O)NC(C)C)C(=O)CSC3c2ccc3c(c2)OCO3)cc1. The lowest BCUT2D eigenvalue weighted by Gasteiger charge is -2.25. The average Bonchev–Trinajstić information content (AvgIpc) is 3.49. The van der Waals surface area contributed by atoms with Gasteiger partial charge in [0.25, 0.3) is 0 Å². The number of ether oxygens (including phenoxy) is 3. The van der Waals surface area contributed by atoms with Crippen LogP contribution in [0.25, 0.3) is 5.69 Å². The van der Waals surface area contributed by atoms with E-state index in [1.54, 1.807) is 16.7 Å². The van der Waals surface area contributed by atoms with Gasteiger partial charge in [0.1, 0.15) is 18.1 Å². The minimum Gasteiger partial charge on any atom is -0.497 e. The highest BCUT2D eigenvalue weighted by atomic mass is 32.2. The van der Waals surface area contributed by atoms with Gasteiger partial charge in [-0.1, -0.05) is 26.8 Å². The Bertz CT molecular complexity index is 1390. The molecule has 1 aromatic heterocycles. The Labute approximate surface area is 232 Å². The van der Waals surface area contributed by atoms with Gasteiger partial charge < -0.3 is 19.5 Å². The van der Waals surface area contributed by atoms with Crippen molar-refractivity contribution in [2.24, 2.45) is 0 Å². The van der Waals surface area contributed by atoms with Crippen LogP contribution in [0.3, 0.4) is 0 Å². The number of rotatable bonds is 6. The third kappa shape index (κ3) is 5.30. The summed E-state index contributed by atoms with van der Waals surface area (Å²) < 4.78 is 18.4. The molecule has 0 aliphatic carbocycles. The number of anilines is 1. The lowest BCUT2D eigenvalue weighted by atomic mass is 9.87. The van der Waals surface area contributed by atoms with E-state index in [0.717, 1.165) is 22.5 Å². The van der Waals surface area contributed by atoms with E-state index in [1.165, 1.54) is 11.8 Å². The van der Waals surface area contributed by atoms with Gasteiger partial charge in [-0.2, -0.15) is 5.10 Å². The second kappa shape index (κ2) is 10.5. The maximum absolute atomic E-state index is 13.7. The molecule has 10 heteroatoms. The van der Waals surface area contributed by atoms with Crippen LogP contribution in [0.15, 0.2) is 42.5 Å². The van der Waals surface area contributed by atoms with Crippen LogP contribution in [0.4, 0.5) is 5.82 Å². The summed E-state index contributed by atoms with van der Waals surface area (Å²) in [4.78, 5) is 28.3. The zero-order chi connectivity index (χ0) is 27.9. The molecule has 3 heterocycles. The molecular formula is C29H34N4O5S. The first-order chi connectivity index (χ1) is 18.6. The Balaban J connectivity index is 1.74. The Morgan fingerprint density at radius 1 is 1.15 bits per heavy atom. The average molecular weight is 551 g/mol. The van der Waals surface area contributed by atoms with Crippen molar-refractivity contribution in [2.75, 3.05) is 31.1 Å². The van der Waals surface area contributed by atoms with Crippen molar-refractivity contribution in [2.45, 2.75) is 51.3 Å².